The van der Waals surface area contributed by atoms with Crippen LogP contribution in [0.2, 0.25) is 0 Å². The van der Waals surface area contributed by atoms with E-state index in [0.29, 0.717) is 0 Å². The maximum Gasteiger partial charge on any atom is 0.327 e. The van der Waals surface area contributed by atoms with Crippen molar-refractivity contribution in [2.75, 3.05) is 26.7 Å². The molecule has 1 heterocycles. The van der Waals surface area contributed by atoms with Crippen LogP contribution in [-0.4, -0.2) is 49.2 Å². The van der Waals surface area contributed by atoms with Gasteiger partial charge in [0.25, 0.3) is 0 Å². The number of rotatable bonds is 5. The molecule has 0 aromatic rings. The third-order valence-electron chi connectivity index (χ3n) is 3.48. The highest BCUT2D eigenvalue weighted by Crippen LogP contribution is 2.15. The molecule has 1 fully saturated rings. The van der Waals surface area contributed by atoms with E-state index in [0.717, 1.165) is 19.6 Å². The lowest BCUT2D eigenvalue weighted by atomic mass is 10.00. The molecular formula is C14H28N2O2. The minimum atomic E-state index is -0.604. The molecule has 1 N–H and O–H groups in total. The molecular weight excluding hydrogens is 228 g/mol. The largest absolute Gasteiger partial charge is 0.468 e. The Kier molecular flexibility index (Phi) is 6.09. The van der Waals surface area contributed by atoms with Gasteiger partial charge in [0, 0.05) is 12.6 Å². The Hall–Kier alpha value is -0.610. The summed E-state index contributed by atoms with van der Waals surface area (Å²) in [7, 11) is 1.46. The lowest BCUT2D eigenvalue weighted by molar-refractivity contribution is -0.149. The third kappa shape index (κ3) is 4.58. The van der Waals surface area contributed by atoms with Crippen molar-refractivity contribution in [3.63, 3.8) is 0 Å². The molecule has 0 saturated carbocycles. The summed E-state index contributed by atoms with van der Waals surface area (Å²) in [6.07, 6.45) is 5.09. The average molecular weight is 256 g/mol. The summed E-state index contributed by atoms with van der Waals surface area (Å²) in [6.45, 7) is 8.98. The van der Waals surface area contributed by atoms with Gasteiger partial charge in [0.1, 0.15) is 5.54 Å². The van der Waals surface area contributed by atoms with Gasteiger partial charge in [0.05, 0.1) is 7.11 Å². The number of likely N-dealkylation sites (tertiary alicyclic amines) is 1. The van der Waals surface area contributed by atoms with Gasteiger partial charge in [0.2, 0.25) is 0 Å². The molecule has 0 radical (unpaired) electrons. The van der Waals surface area contributed by atoms with Gasteiger partial charge in [-0.3, -0.25) is 10.1 Å². The zero-order valence-corrected chi connectivity index (χ0v) is 12.3. The molecule has 0 amide bonds. The number of methoxy groups -OCH3 is 1. The molecule has 1 saturated heterocycles. The van der Waals surface area contributed by atoms with Crippen LogP contribution in [0.5, 0.6) is 0 Å². The first-order valence-corrected chi connectivity index (χ1v) is 7.06. The van der Waals surface area contributed by atoms with Crippen molar-refractivity contribution in [2.45, 2.75) is 58.0 Å². The Morgan fingerprint density at radius 1 is 1.28 bits per heavy atom. The molecule has 4 heteroatoms. The Balaban J connectivity index is 2.67. The number of hydrogen-bond donors (Lipinski definition) is 1. The number of ether oxygens (including phenoxy) is 1. The monoisotopic (exact) mass is 256 g/mol. The zero-order valence-electron chi connectivity index (χ0n) is 12.3. The molecule has 1 unspecified atom stereocenters. The molecule has 0 bridgehead atoms. The van der Waals surface area contributed by atoms with Crippen LogP contribution in [0.1, 0.15) is 46.5 Å². The number of nitrogens with one attached hydrogen (secondary N) is 1. The van der Waals surface area contributed by atoms with Crippen molar-refractivity contribution in [2.24, 2.45) is 0 Å². The van der Waals surface area contributed by atoms with Crippen molar-refractivity contribution in [1.29, 1.82) is 0 Å². The Morgan fingerprint density at radius 3 is 2.28 bits per heavy atom. The minimum Gasteiger partial charge on any atom is -0.468 e. The van der Waals surface area contributed by atoms with E-state index in [-0.39, 0.29) is 12.0 Å². The van der Waals surface area contributed by atoms with Crippen LogP contribution in [-0.2, 0) is 9.53 Å². The van der Waals surface area contributed by atoms with Crippen LogP contribution in [0.4, 0.5) is 0 Å². The summed E-state index contributed by atoms with van der Waals surface area (Å²) in [6, 6.07) is 0.265. The standard InChI is InChI=1S/C14H28N2O2/c1-12(2)15-14(3,13(17)18-4)11-16-9-7-5-6-8-10-16/h12,15H,5-11H2,1-4H3. The Bertz CT molecular complexity index is 261. The van der Waals surface area contributed by atoms with Gasteiger partial charge in [0.15, 0.2) is 0 Å². The fraction of sp³-hybridized carbons (Fsp3) is 0.929. The quantitative estimate of drug-likeness (QED) is 0.762. The molecule has 1 aliphatic rings. The van der Waals surface area contributed by atoms with Crippen molar-refractivity contribution in [3.8, 4) is 0 Å². The number of nitrogens with zero attached hydrogens (tertiary/aromatic N) is 1. The van der Waals surface area contributed by atoms with E-state index in [4.69, 9.17) is 4.74 Å². The number of esters is 1. The SMILES string of the molecule is COC(=O)C(C)(CN1CCCCCC1)NC(C)C. The molecule has 1 atom stereocenters. The molecule has 1 rings (SSSR count). The first kappa shape index (κ1) is 15.4. The maximum atomic E-state index is 12.0. The lowest BCUT2D eigenvalue weighted by Crippen LogP contribution is -2.59. The van der Waals surface area contributed by atoms with Crippen LogP contribution >= 0.6 is 0 Å². The smallest absolute Gasteiger partial charge is 0.327 e. The summed E-state index contributed by atoms with van der Waals surface area (Å²) >= 11 is 0. The molecule has 106 valence electrons. The van der Waals surface area contributed by atoms with E-state index in [1.165, 1.54) is 32.8 Å². The van der Waals surface area contributed by atoms with Crippen LogP contribution in [0.25, 0.3) is 0 Å². The van der Waals surface area contributed by atoms with E-state index in [9.17, 15) is 4.79 Å². The normalized spacial score (nSPS) is 21.4. The molecule has 0 aromatic carbocycles. The molecule has 0 aliphatic carbocycles. The van der Waals surface area contributed by atoms with E-state index in [1.54, 1.807) is 0 Å². The first-order valence-electron chi connectivity index (χ1n) is 7.06. The van der Waals surface area contributed by atoms with Gasteiger partial charge in [-0.25, -0.2) is 0 Å². The Morgan fingerprint density at radius 2 is 1.83 bits per heavy atom. The average Bonchev–Trinajstić information content (AvgIpc) is 2.55. The second kappa shape index (κ2) is 7.10. The predicted octanol–water partition coefficient (Wildman–Crippen LogP) is 1.79. The molecule has 4 nitrogen and oxygen atoms in total. The highest BCUT2D eigenvalue weighted by atomic mass is 16.5. The number of hydrogen-bond acceptors (Lipinski definition) is 4. The third-order valence-corrected chi connectivity index (χ3v) is 3.48. The molecule has 0 aromatic heterocycles. The topological polar surface area (TPSA) is 41.6 Å². The minimum absolute atomic E-state index is 0.166. The van der Waals surface area contributed by atoms with E-state index in [1.807, 2.05) is 6.92 Å². The van der Waals surface area contributed by atoms with Crippen LogP contribution in [0, 0.1) is 0 Å². The highest BCUT2D eigenvalue weighted by Gasteiger charge is 2.36. The second-order valence-electron chi connectivity index (χ2n) is 5.81. The Labute approximate surface area is 111 Å². The van der Waals surface area contributed by atoms with Gasteiger partial charge in [-0.15, -0.1) is 0 Å². The lowest BCUT2D eigenvalue weighted by Gasteiger charge is -2.35. The van der Waals surface area contributed by atoms with Crippen molar-refractivity contribution >= 4 is 5.97 Å². The zero-order chi connectivity index (χ0) is 13.6. The van der Waals surface area contributed by atoms with Crippen LogP contribution < -0.4 is 5.32 Å². The van der Waals surface area contributed by atoms with Gasteiger partial charge >= 0.3 is 5.97 Å². The van der Waals surface area contributed by atoms with Crippen molar-refractivity contribution in [1.82, 2.24) is 10.2 Å². The van der Waals surface area contributed by atoms with E-state index >= 15 is 0 Å². The summed E-state index contributed by atoms with van der Waals surface area (Å²) < 4.78 is 4.96. The molecule has 18 heavy (non-hydrogen) atoms. The van der Waals surface area contributed by atoms with Crippen LogP contribution in [0.15, 0.2) is 0 Å². The molecule has 0 spiro atoms. The second-order valence-corrected chi connectivity index (χ2v) is 5.81. The summed E-state index contributed by atoms with van der Waals surface area (Å²) in [5.41, 5.74) is -0.604. The predicted molar refractivity (Wildman–Crippen MR) is 73.6 cm³/mol. The number of carbonyl (C=O) groups is 1. The summed E-state index contributed by atoms with van der Waals surface area (Å²) in [5.74, 6) is -0.166. The van der Waals surface area contributed by atoms with Gasteiger partial charge in [-0.1, -0.05) is 12.8 Å². The van der Waals surface area contributed by atoms with Gasteiger partial charge in [-0.2, -0.15) is 0 Å². The van der Waals surface area contributed by atoms with E-state index in [2.05, 4.69) is 24.1 Å². The first-order chi connectivity index (χ1) is 8.48. The van der Waals surface area contributed by atoms with Crippen LogP contribution in [0.3, 0.4) is 0 Å². The summed E-state index contributed by atoms with van der Waals surface area (Å²) in [5, 5.41) is 3.36. The van der Waals surface area contributed by atoms with Crippen molar-refractivity contribution in [3.05, 3.63) is 0 Å². The van der Waals surface area contributed by atoms with Crippen molar-refractivity contribution < 1.29 is 9.53 Å². The summed E-state index contributed by atoms with van der Waals surface area (Å²) in [4.78, 5) is 14.4. The maximum absolute atomic E-state index is 12.0. The fourth-order valence-corrected chi connectivity index (χ4v) is 2.77. The van der Waals surface area contributed by atoms with Gasteiger partial charge < -0.3 is 9.64 Å². The fourth-order valence-electron chi connectivity index (χ4n) is 2.77. The van der Waals surface area contributed by atoms with Gasteiger partial charge in [-0.05, 0) is 46.7 Å². The van der Waals surface area contributed by atoms with E-state index < -0.39 is 5.54 Å². The molecule has 1 aliphatic heterocycles. The highest BCUT2D eigenvalue weighted by molar-refractivity contribution is 5.80. The number of carbonyl (C=O) groups excluding carboxylic acids is 1.